The third-order valence-electron chi connectivity index (χ3n) is 16.9. The van der Waals surface area contributed by atoms with Gasteiger partial charge in [-0.15, -0.1) is 5.10 Å². The Kier molecular flexibility index (Phi) is 19.0. The predicted octanol–water partition coefficient (Wildman–Crippen LogP) is 8.41. The first-order valence-electron chi connectivity index (χ1n) is 31.1. The summed E-state index contributed by atoms with van der Waals surface area (Å²) >= 11 is 0. The lowest BCUT2D eigenvalue weighted by molar-refractivity contribution is -0.134. The van der Waals surface area contributed by atoms with Gasteiger partial charge in [0.15, 0.2) is 11.4 Å². The molecular weight excluding hydrogens is 1160 g/mol. The van der Waals surface area contributed by atoms with E-state index >= 15 is 0 Å². The third kappa shape index (κ3) is 14.6. The fourth-order valence-electron chi connectivity index (χ4n) is 11.9. The van der Waals surface area contributed by atoms with Gasteiger partial charge in [0.2, 0.25) is 23.6 Å². The average Bonchev–Trinajstić information content (AvgIpc) is 1.46. The van der Waals surface area contributed by atoms with E-state index in [0.29, 0.717) is 77.5 Å². The summed E-state index contributed by atoms with van der Waals surface area (Å²) in [7, 11) is 0. The molecule has 0 radical (unpaired) electrons. The van der Waals surface area contributed by atoms with Gasteiger partial charge in [0.1, 0.15) is 40.9 Å². The Hall–Kier alpha value is -10.5. The number of ketones is 1. The minimum Gasteiger partial charge on any atom is -0.456 e. The summed E-state index contributed by atoms with van der Waals surface area (Å²) in [5.41, 5.74) is 17.7. The highest BCUT2D eigenvalue weighted by Gasteiger charge is 2.54. The maximum atomic E-state index is 15.0. The normalized spacial score (nSPS) is 16.1. The largest absolute Gasteiger partial charge is 0.456 e. The number of benzene rings is 7. The fourth-order valence-corrected chi connectivity index (χ4v) is 11.9. The van der Waals surface area contributed by atoms with Gasteiger partial charge in [0, 0.05) is 78.0 Å². The second-order valence-corrected chi connectivity index (χ2v) is 24.3. The van der Waals surface area contributed by atoms with Crippen LogP contribution in [0.25, 0.3) is 11.1 Å². The van der Waals surface area contributed by atoms with Gasteiger partial charge < -0.3 is 52.3 Å². The topological polar surface area (TPSA) is 293 Å². The Morgan fingerprint density at radius 1 is 0.609 bits per heavy atom. The van der Waals surface area contributed by atoms with E-state index in [2.05, 4.69) is 36.9 Å². The highest BCUT2D eigenvalue weighted by molar-refractivity contribution is 6.02. The van der Waals surface area contributed by atoms with Crippen molar-refractivity contribution in [2.45, 2.75) is 114 Å². The molecule has 3 aliphatic heterocycles. The van der Waals surface area contributed by atoms with Crippen molar-refractivity contribution < 1.29 is 47.8 Å². The lowest BCUT2D eigenvalue weighted by Gasteiger charge is -2.36. The van der Waals surface area contributed by atoms with Crippen molar-refractivity contribution in [1.82, 2.24) is 41.6 Å². The van der Waals surface area contributed by atoms with Gasteiger partial charge in [-0.1, -0.05) is 147 Å². The van der Waals surface area contributed by atoms with Crippen LogP contribution in [0.2, 0.25) is 0 Å². The molecule has 4 heterocycles. The molecule has 1 spiro atoms. The monoisotopic (exact) mass is 1240 g/mol. The van der Waals surface area contributed by atoms with Crippen molar-refractivity contribution >= 4 is 52.7 Å². The summed E-state index contributed by atoms with van der Waals surface area (Å²) in [5.74, 6) is -2.26. The van der Waals surface area contributed by atoms with Gasteiger partial charge in [0.05, 0.1) is 31.0 Å². The average molecular weight is 1240 g/mol. The Balaban J connectivity index is 0.725. The van der Waals surface area contributed by atoms with Crippen LogP contribution in [0.15, 0.2) is 176 Å². The molecule has 5 atom stereocenters. The molecule has 9 N–H and O–H groups in total. The number of hydrogen-bond acceptors (Lipinski definition) is 14. The number of rotatable bonds is 27. The van der Waals surface area contributed by atoms with Crippen molar-refractivity contribution in [2.24, 2.45) is 5.92 Å². The van der Waals surface area contributed by atoms with Crippen molar-refractivity contribution in [1.29, 1.82) is 0 Å². The van der Waals surface area contributed by atoms with Crippen molar-refractivity contribution in [2.75, 3.05) is 24.6 Å². The Bertz CT molecular complexity index is 3970. The number of amides is 5. The number of nitrogen functional groups attached to an aromatic ring is 2. The van der Waals surface area contributed by atoms with Crippen LogP contribution >= 0.6 is 0 Å². The molecule has 1 saturated heterocycles. The summed E-state index contributed by atoms with van der Waals surface area (Å²) in [6.45, 7) is 6.23. The lowest BCUT2D eigenvalue weighted by atomic mass is 9.77. The maximum absolute atomic E-state index is 15.0. The lowest BCUT2D eigenvalue weighted by Crippen LogP contribution is -2.58. The number of carbonyl (C=O) groups is 7. The highest BCUT2D eigenvalue weighted by atomic mass is 16.6. The van der Waals surface area contributed by atoms with Crippen LogP contribution in [0.4, 0.5) is 11.4 Å². The molecule has 8 aromatic rings. The van der Waals surface area contributed by atoms with E-state index in [-0.39, 0.29) is 73.5 Å². The first-order valence-corrected chi connectivity index (χ1v) is 31.1. The number of nitrogens with one attached hydrogen (secondary N) is 5. The van der Waals surface area contributed by atoms with Crippen LogP contribution in [-0.4, -0.2) is 93.2 Å². The molecule has 1 aromatic heterocycles. The maximum Gasteiger partial charge on any atom is 0.340 e. The van der Waals surface area contributed by atoms with Crippen molar-refractivity contribution in [3.63, 3.8) is 0 Å². The standard InChI is InChI=1S/C72H74N10O10/c1-44(2)34-58(65(84)71(3)43-90-71)77-67(86)59(35-45-16-8-4-9-17-45)78-68(87)60(36-47-23-25-49(26-24-47)48-20-12-6-13-21-48)79-69(88)61(37-46-18-10-5-11-19-46)82-42-53(80-81-82)41-76-64(83)22-14-7-15-33-75-66(85)50-27-30-55-54(38-50)70(89)92-72(55)56-31-28-51(73)39-62(56)91-63-40-52(74)29-32-57(63)72/h4-6,8-13,16-21,23-32,38-40,42,44,58-61H,7,14-15,22,33-37,41,43,73-74H2,1-3H3,(H,75,85)(H,76,83)(H,77,86)(H,78,87)(H,79,88)/t58-,59-,60-,61-,71+/m0/s1. The Morgan fingerprint density at radius 2 is 1.16 bits per heavy atom. The van der Waals surface area contributed by atoms with E-state index < -0.39 is 59.1 Å². The van der Waals surface area contributed by atoms with E-state index in [1.54, 1.807) is 61.7 Å². The molecule has 472 valence electrons. The molecule has 0 unspecified atom stereocenters. The summed E-state index contributed by atoms with van der Waals surface area (Å²) in [6, 6.07) is 47.1. The van der Waals surface area contributed by atoms with E-state index in [4.69, 9.17) is 25.7 Å². The summed E-state index contributed by atoms with van der Waals surface area (Å²) in [4.78, 5) is 98.4. The number of aromatic nitrogens is 3. The molecule has 0 aliphatic carbocycles. The van der Waals surface area contributed by atoms with Crippen LogP contribution in [0, 0.1) is 5.92 Å². The number of esters is 1. The molecule has 20 heteroatoms. The minimum atomic E-state index is -1.35. The molecule has 1 fully saturated rings. The zero-order valence-electron chi connectivity index (χ0n) is 51.5. The number of fused-ring (bicyclic) bond motifs is 6. The number of unbranched alkanes of at least 4 members (excludes halogenated alkanes) is 2. The zero-order valence-corrected chi connectivity index (χ0v) is 51.5. The molecule has 5 amide bonds. The first-order chi connectivity index (χ1) is 44.4. The molecule has 92 heavy (non-hydrogen) atoms. The van der Waals surface area contributed by atoms with Crippen LogP contribution in [0.1, 0.15) is 119 Å². The molecule has 0 bridgehead atoms. The SMILES string of the molecule is CC(C)C[C@H](NC(=O)[C@H](Cc1ccccc1)NC(=O)[C@H](Cc1ccc(-c2ccccc2)cc1)NC(=O)[C@H](Cc1ccccc1)n1cc(CNC(=O)CCCCCNC(=O)c2ccc3c(c2)C(=O)OC32c3ccc(N)cc3Oc3cc(N)ccc32)nn1)C(=O)[C@@]1(C)CO1. The van der Waals surface area contributed by atoms with E-state index in [9.17, 15) is 33.6 Å². The number of ether oxygens (including phenoxy) is 3. The van der Waals surface area contributed by atoms with E-state index in [1.807, 2.05) is 129 Å². The van der Waals surface area contributed by atoms with Gasteiger partial charge >= 0.3 is 5.97 Å². The smallest absolute Gasteiger partial charge is 0.340 e. The third-order valence-corrected chi connectivity index (χ3v) is 16.9. The molecule has 0 saturated carbocycles. The first kappa shape index (κ1) is 63.1. The fraction of sp³-hybridized carbons (Fsp3) is 0.292. The number of Topliss-reactive ketones (excluding diaryl/α,β-unsaturated/α-hetero) is 1. The van der Waals surface area contributed by atoms with Gasteiger partial charge in [-0.2, -0.15) is 0 Å². The van der Waals surface area contributed by atoms with E-state index in [0.717, 1.165) is 27.8 Å². The quantitative estimate of drug-likeness (QED) is 0.0110. The van der Waals surface area contributed by atoms with Gasteiger partial charge in [-0.05, 0) is 96.3 Å². The summed E-state index contributed by atoms with van der Waals surface area (Å²) in [5, 5.41) is 23.5. The predicted molar refractivity (Wildman–Crippen MR) is 346 cm³/mol. The number of nitrogens with two attached hydrogens (primary N) is 2. The van der Waals surface area contributed by atoms with Crippen LogP contribution in [-0.2, 0) is 64.9 Å². The number of carbonyl (C=O) groups excluding carboxylic acids is 7. The number of nitrogens with zero attached hydrogens (tertiary/aromatic N) is 3. The molecular formula is C72H74N10O10. The summed E-state index contributed by atoms with van der Waals surface area (Å²) in [6.07, 6.45) is 4.19. The van der Waals surface area contributed by atoms with Gasteiger partial charge in [0.25, 0.3) is 5.91 Å². The van der Waals surface area contributed by atoms with Crippen LogP contribution < -0.4 is 42.8 Å². The molecule has 20 nitrogen and oxygen atoms in total. The van der Waals surface area contributed by atoms with Gasteiger partial charge in [-0.3, -0.25) is 28.8 Å². The molecule has 3 aliphatic rings. The zero-order chi connectivity index (χ0) is 64.5. The second kappa shape index (κ2) is 27.7. The summed E-state index contributed by atoms with van der Waals surface area (Å²) < 4.78 is 19.3. The van der Waals surface area contributed by atoms with Crippen molar-refractivity contribution in [3.8, 4) is 22.6 Å². The van der Waals surface area contributed by atoms with Crippen LogP contribution in [0.5, 0.6) is 11.5 Å². The molecule has 11 rings (SSSR count). The number of hydrogen-bond donors (Lipinski definition) is 7. The van der Waals surface area contributed by atoms with Crippen molar-refractivity contribution in [3.05, 3.63) is 226 Å². The van der Waals surface area contributed by atoms with Gasteiger partial charge in [-0.25, -0.2) is 9.48 Å². The Morgan fingerprint density at radius 3 is 1.77 bits per heavy atom. The minimum absolute atomic E-state index is 0.0187. The number of epoxide rings is 1. The van der Waals surface area contributed by atoms with Crippen LogP contribution in [0.3, 0.4) is 0 Å². The number of anilines is 2. The second-order valence-electron chi connectivity index (χ2n) is 24.3. The molecule has 7 aromatic carbocycles. The van der Waals surface area contributed by atoms with E-state index in [1.165, 1.54) is 10.7 Å². The Labute approximate surface area is 533 Å². The highest BCUT2D eigenvalue weighted by Crippen LogP contribution is 2.56.